The molecule has 2 heterocycles. The highest BCUT2D eigenvalue weighted by molar-refractivity contribution is 9.10. The normalized spacial score (nSPS) is 18.6. The number of alkyl halides is 2. The number of halogens is 4. The number of nitrogens with zero attached hydrogens (tertiary/aromatic N) is 5. The SMILES string of the molecule is [N-]=[N+]=NC1CC(c2ccccc2OC(F)F)n2c1nc1cc(F)c(Br)cc12. The maximum atomic E-state index is 13.9. The zero-order valence-electron chi connectivity index (χ0n) is 13.6. The first-order valence-corrected chi connectivity index (χ1v) is 8.73. The van der Waals surface area contributed by atoms with Crippen molar-refractivity contribution in [2.45, 2.75) is 25.1 Å². The van der Waals surface area contributed by atoms with E-state index >= 15 is 0 Å². The van der Waals surface area contributed by atoms with Gasteiger partial charge in [-0.05, 0) is 40.0 Å². The van der Waals surface area contributed by atoms with E-state index in [9.17, 15) is 13.2 Å². The molecule has 10 heteroatoms. The van der Waals surface area contributed by atoms with Crippen LogP contribution in [0.1, 0.15) is 29.9 Å². The number of hydrogen-bond donors (Lipinski definition) is 0. The summed E-state index contributed by atoms with van der Waals surface area (Å²) in [6.45, 7) is -2.97. The maximum absolute atomic E-state index is 13.9. The van der Waals surface area contributed by atoms with Gasteiger partial charge in [0, 0.05) is 16.5 Å². The van der Waals surface area contributed by atoms with Gasteiger partial charge in [-0.1, -0.05) is 23.3 Å². The summed E-state index contributed by atoms with van der Waals surface area (Å²) in [5.74, 6) is 0.0165. The van der Waals surface area contributed by atoms with Crippen molar-refractivity contribution in [3.05, 3.63) is 68.5 Å². The van der Waals surface area contributed by atoms with Crippen molar-refractivity contribution in [2.24, 2.45) is 5.11 Å². The Balaban J connectivity index is 1.93. The van der Waals surface area contributed by atoms with Gasteiger partial charge >= 0.3 is 6.61 Å². The molecule has 138 valence electrons. The molecule has 0 bridgehead atoms. The lowest BCUT2D eigenvalue weighted by Gasteiger charge is -2.19. The Labute approximate surface area is 159 Å². The highest BCUT2D eigenvalue weighted by Gasteiger charge is 2.36. The second-order valence-electron chi connectivity index (χ2n) is 5.98. The molecule has 0 amide bonds. The van der Waals surface area contributed by atoms with E-state index in [0.717, 1.165) is 0 Å². The first kappa shape index (κ1) is 17.7. The van der Waals surface area contributed by atoms with Crippen LogP contribution in [-0.4, -0.2) is 16.2 Å². The molecule has 27 heavy (non-hydrogen) atoms. The second-order valence-corrected chi connectivity index (χ2v) is 6.84. The van der Waals surface area contributed by atoms with Crippen LogP contribution < -0.4 is 4.74 Å². The molecule has 2 unspecified atom stereocenters. The monoisotopic (exact) mass is 437 g/mol. The first-order valence-electron chi connectivity index (χ1n) is 7.94. The van der Waals surface area contributed by atoms with Gasteiger partial charge in [-0.15, -0.1) is 0 Å². The summed E-state index contributed by atoms with van der Waals surface area (Å²) in [7, 11) is 0. The third-order valence-electron chi connectivity index (χ3n) is 4.50. The Kier molecular flexibility index (Phi) is 4.45. The van der Waals surface area contributed by atoms with Gasteiger partial charge in [0.25, 0.3) is 0 Å². The molecular formula is C17H11BrF3N5O. The van der Waals surface area contributed by atoms with Crippen LogP contribution in [0, 0.1) is 5.82 Å². The average Bonchev–Trinajstić information content (AvgIpc) is 3.14. The van der Waals surface area contributed by atoms with Crippen molar-refractivity contribution in [3.8, 4) is 5.75 Å². The minimum absolute atomic E-state index is 0.0352. The lowest BCUT2D eigenvalue weighted by atomic mass is 10.0. The van der Waals surface area contributed by atoms with E-state index < -0.39 is 24.5 Å². The maximum Gasteiger partial charge on any atom is 0.387 e. The third kappa shape index (κ3) is 3.00. The Morgan fingerprint density at radius 1 is 1.33 bits per heavy atom. The highest BCUT2D eigenvalue weighted by Crippen LogP contribution is 2.46. The van der Waals surface area contributed by atoms with E-state index in [2.05, 4.69) is 35.7 Å². The van der Waals surface area contributed by atoms with Gasteiger partial charge in [-0.25, -0.2) is 9.37 Å². The molecule has 0 saturated heterocycles. The minimum Gasteiger partial charge on any atom is -0.434 e. The van der Waals surface area contributed by atoms with E-state index in [1.807, 2.05) is 0 Å². The number of azide groups is 1. The van der Waals surface area contributed by atoms with E-state index in [1.165, 1.54) is 12.1 Å². The standard InChI is InChI=1S/C17H11BrF3N5O/c18-9-5-14-11(6-10(9)19)23-16-12(24-25-22)7-13(26(14)16)8-3-1-2-4-15(8)27-17(20)21/h1-6,12-13,17H,7H2. The Bertz CT molecular complexity index is 1080. The minimum atomic E-state index is -2.97. The van der Waals surface area contributed by atoms with Crippen LogP contribution in [0.15, 0.2) is 46.0 Å². The van der Waals surface area contributed by atoms with Gasteiger partial charge in [0.15, 0.2) is 0 Å². The van der Waals surface area contributed by atoms with E-state index in [4.69, 9.17) is 5.53 Å². The summed E-state index contributed by atoms with van der Waals surface area (Å²) >= 11 is 3.16. The topological polar surface area (TPSA) is 75.8 Å². The quantitative estimate of drug-likeness (QED) is 0.290. The summed E-state index contributed by atoms with van der Waals surface area (Å²) in [6, 6.07) is 8.23. The molecular weight excluding hydrogens is 427 g/mol. The molecule has 0 N–H and O–H groups in total. The van der Waals surface area contributed by atoms with Crippen molar-refractivity contribution >= 4 is 27.0 Å². The molecule has 1 aromatic heterocycles. The molecule has 1 aliphatic rings. The molecule has 2 aromatic carbocycles. The summed E-state index contributed by atoms with van der Waals surface area (Å²) in [6.07, 6.45) is 0.334. The van der Waals surface area contributed by atoms with Crippen LogP contribution in [-0.2, 0) is 0 Å². The molecule has 0 radical (unpaired) electrons. The number of fused-ring (bicyclic) bond motifs is 3. The van der Waals surface area contributed by atoms with Gasteiger partial charge < -0.3 is 9.30 Å². The molecule has 0 aliphatic carbocycles. The summed E-state index contributed by atoms with van der Waals surface area (Å²) in [5.41, 5.74) is 10.4. The van der Waals surface area contributed by atoms with Gasteiger partial charge in [0.05, 0.1) is 27.6 Å². The fourth-order valence-corrected chi connectivity index (χ4v) is 3.81. The number of hydrogen-bond acceptors (Lipinski definition) is 3. The van der Waals surface area contributed by atoms with Crippen LogP contribution in [0.2, 0.25) is 0 Å². The third-order valence-corrected chi connectivity index (χ3v) is 5.11. The highest BCUT2D eigenvalue weighted by atomic mass is 79.9. The van der Waals surface area contributed by atoms with E-state index in [-0.39, 0.29) is 10.2 Å². The van der Waals surface area contributed by atoms with Crippen LogP contribution in [0.25, 0.3) is 21.5 Å². The Hall–Kier alpha value is -2.71. The van der Waals surface area contributed by atoms with Crippen molar-refractivity contribution in [1.82, 2.24) is 9.55 Å². The molecule has 0 spiro atoms. The molecule has 0 saturated carbocycles. The smallest absolute Gasteiger partial charge is 0.387 e. The van der Waals surface area contributed by atoms with Crippen molar-refractivity contribution < 1.29 is 17.9 Å². The number of aromatic nitrogens is 2. The number of rotatable bonds is 4. The molecule has 2 atom stereocenters. The van der Waals surface area contributed by atoms with Gasteiger partial charge in [-0.2, -0.15) is 8.78 Å². The Morgan fingerprint density at radius 3 is 2.85 bits per heavy atom. The lowest BCUT2D eigenvalue weighted by molar-refractivity contribution is -0.0506. The summed E-state index contributed by atoms with van der Waals surface area (Å²) in [5, 5.41) is 3.77. The average molecular weight is 438 g/mol. The van der Waals surface area contributed by atoms with Crippen molar-refractivity contribution in [3.63, 3.8) is 0 Å². The molecule has 4 rings (SSSR count). The van der Waals surface area contributed by atoms with E-state index in [0.29, 0.717) is 28.8 Å². The summed E-state index contributed by atoms with van der Waals surface area (Å²) < 4.78 is 46.2. The van der Waals surface area contributed by atoms with Crippen molar-refractivity contribution in [1.29, 1.82) is 0 Å². The largest absolute Gasteiger partial charge is 0.434 e. The van der Waals surface area contributed by atoms with Crippen LogP contribution in [0.4, 0.5) is 13.2 Å². The molecule has 1 aliphatic heterocycles. The zero-order valence-corrected chi connectivity index (χ0v) is 15.1. The fourth-order valence-electron chi connectivity index (χ4n) is 3.48. The second kappa shape index (κ2) is 6.79. The van der Waals surface area contributed by atoms with Crippen molar-refractivity contribution in [2.75, 3.05) is 0 Å². The zero-order chi connectivity index (χ0) is 19.1. The number of imidazole rings is 1. The van der Waals surface area contributed by atoms with E-state index in [1.54, 1.807) is 28.8 Å². The summed E-state index contributed by atoms with van der Waals surface area (Å²) in [4.78, 5) is 7.27. The Morgan fingerprint density at radius 2 is 2.11 bits per heavy atom. The first-order chi connectivity index (χ1) is 13.0. The van der Waals surface area contributed by atoms with Gasteiger partial charge in [0.1, 0.15) is 17.4 Å². The lowest BCUT2D eigenvalue weighted by Crippen LogP contribution is -2.10. The van der Waals surface area contributed by atoms with Gasteiger partial charge in [-0.3, -0.25) is 0 Å². The molecule has 0 fully saturated rings. The number of ether oxygens (including phenoxy) is 1. The number of benzene rings is 2. The number of para-hydroxylation sites is 1. The molecule has 6 nitrogen and oxygen atoms in total. The van der Waals surface area contributed by atoms with Crippen LogP contribution in [0.3, 0.4) is 0 Å². The molecule has 3 aromatic rings. The fraction of sp³-hybridized carbons (Fsp3) is 0.235. The van der Waals surface area contributed by atoms with Crippen LogP contribution >= 0.6 is 15.9 Å². The van der Waals surface area contributed by atoms with Crippen LogP contribution in [0.5, 0.6) is 5.75 Å². The predicted molar refractivity (Wildman–Crippen MR) is 95.1 cm³/mol. The van der Waals surface area contributed by atoms with Gasteiger partial charge in [0.2, 0.25) is 0 Å². The predicted octanol–water partition coefficient (Wildman–Crippen LogP) is 5.88.